The van der Waals surface area contributed by atoms with E-state index in [1.807, 2.05) is 30.3 Å². The van der Waals surface area contributed by atoms with Crippen molar-refractivity contribution in [3.8, 4) is 0 Å². The Kier molecular flexibility index (Phi) is 2.05. The molecule has 2 aromatic carbocycles. The van der Waals surface area contributed by atoms with E-state index < -0.39 is 0 Å². The summed E-state index contributed by atoms with van der Waals surface area (Å²) in [6, 6.07) is 12.4. The third-order valence-electron chi connectivity index (χ3n) is 3.32. The second-order valence-corrected chi connectivity index (χ2v) is 5.47. The second kappa shape index (κ2) is 3.65. The third-order valence-corrected chi connectivity index (χ3v) is 4.47. The Morgan fingerprint density at radius 1 is 1.00 bits per heavy atom. The van der Waals surface area contributed by atoms with Crippen LogP contribution in [-0.2, 0) is 0 Å². The Balaban J connectivity index is 2.46. The molecule has 0 unspecified atom stereocenters. The maximum Gasteiger partial charge on any atom is 0.266 e. The van der Waals surface area contributed by atoms with Crippen molar-refractivity contribution >= 4 is 42.4 Å². The number of hydrogen-bond acceptors (Lipinski definition) is 2. The molecular weight excluding hydrogens is 261 g/mol. The number of nitrogens with one attached hydrogen (secondary N) is 1. The lowest BCUT2D eigenvalue weighted by atomic mass is 10.1. The number of aromatic amines is 1. The van der Waals surface area contributed by atoms with E-state index in [1.165, 1.54) is 17.4 Å². The van der Waals surface area contributed by atoms with Crippen molar-refractivity contribution in [2.75, 3.05) is 0 Å². The molecule has 0 saturated carbocycles. The molecule has 0 saturated heterocycles. The van der Waals surface area contributed by atoms with E-state index in [2.05, 4.69) is 4.98 Å². The van der Waals surface area contributed by atoms with Crippen LogP contribution in [0.1, 0.15) is 0 Å². The van der Waals surface area contributed by atoms with Crippen molar-refractivity contribution in [1.29, 1.82) is 0 Å². The van der Waals surface area contributed by atoms with Crippen LogP contribution in [0.15, 0.2) is 47.3 Å². The Bertz CT molecular complexity index is 999. The van der Waals surface area contributed by atoms with Crippen LogP contribution in [0.25, 0.3) is 31.1 Å². The Morgan fingerprint density at radius 3 is 2.74 bits per heavy atom. The first-order valence-electron chi connectivity index (χ1n) is 5.87. The zero-order chi connectivity index (χ0) is 13.0. The maximum atomic E-state index is 14.1. The number of para-hydroxylation sites is 1. The monoisotopic (exact) mass is 269 g/mol. The lowest BCUT2D eigenvalue weighted by Crippen LogP contribution is -2.03. The summed E-state index contributed by atoms with van der Waals surface area (Å²) in [4.78, 5) is 15.0. The van der Waals surface area contributed by atoms with Gasteiger partial charge in [-0.3, -0.25) is 4.79 Å². The molecule has 2 nitrogen and oxygen atoms in total. The fourth-order valence-corrected chi connectivity index (χ4v) is 3.64. The van der Waals surface area contributed by atoms with Crippen LogP contribution in [0.5, 0.6) is 0 Å². The molecule has 0 aliphatic carbocycles. The predicted molar refractivity (Wildman–Crippen MR) is 77.4 cm³/mol. The highest BCUT2D eigenvalue weighted by molar-refractivity contribution is 7.26. The Hall–Kier alpha value is -2.20. The lowest BCUT2D eigenvalue weighted by Gasteiger charge is -2.00. The van der Waals surface area contributed by atoms with Gasteiger partial charge in [-0.2, -0.15) is 0 Å². The molecule has 2 aromatic heterocycles. The van der Waals surface area contributed by atoms with E-state index in [0.717, 1.165) is 21.0 Å². The van der Waals surface area contributed by atoms with Gasteiger partial charge in [0.05, 0.1) is 0 Å². The molecule has 0 atom stereocenters. The number of benzene rings is 2. The Morgan fingerprint density at radius 2 is 1.84 bits per heavy atom. The highest BCUT2D eigenvalue weighted by Gasteiger charge is 2.14. The van der Waals surface area contributed by atoms with E-state index >= 15 is 0 Å². The smallest absolute Gasteiger partial charge is 0.266 e. The molecule has 19 heavy (non-hydrogen) atoms. The van der Waals surface area contributed by atoms with E-state index in [1.54, 1.807) is 6.07 Å². The molecule has 0 aliphatic rings. The average molecular weight is 269 g/mol. The van der Waals surface area contributed by atoms with Crippen LogP contribution >= 0.6 is 11.3 Å². The minimum Gasteiger partial charge on any atom is -0.321 e. The van der Waals surface area contributed by atoms with Crippen molar-refractivity contribution in [3.63, 3.8) is 0 Å². The summed E-state index contributed by atoms with van der Waals surface area (Å²) < 4.78 is 15.5. The van der Waals surface area contributed by atoms with Gasteiger partial charge in [0.15, 0.2) is 0 Å². The van der Waals surface area contributed by atoms with Gasteiger partial charge in [-0.15, -0.1) is 11.3 Å². The first-order valence-corrected chi connectivity index (χ1v) is 6.69. The molecular formula is C15H8FNOS. The highest BCUT2D eigenvalue weighted by atomic mass is 32.1. The lowest BCUT2D eigenvalue weighted by molar-refractivity contribution is 0.641. The van der Waals surface area contributed by atoms with Crippen LogP contribution in [0.4, 0.5) is 4.39 Å². The molecule has 2 heterocycles. The summed E-state index contributed by atoms with van der Waals surface area (Å²) in [7, 11) is 0. The molecule has 0 fully saturated rings. The van der Waals surface area contributed by atoms with Crippen molar-refractivity contribution in [2.24, 2.45) is 0 Å². The van der Waals surface area contributed by atoms with Gasteiger partial charge in [-0.25, -0.2) is 4.39 Å². The first kappa shape index (κ1) is 10.7. The summed E-state index contributed by atoms with van der Waals surface area (Å²) in [6.07, 6.45) is 0. The molecule has 4 heteroatoms. The van der Waals surface area contributed by atoms with Crippen LogP contribution in [0.3, 0.4) is 0 Å². The number of pyridine rings is 1. The largest absolute Gasteiger partial charge is 0.321 e. The van der Waals surface area contributed by atoms with Crippen LogP contribution < -0.4 is 5.56 Å². The Labute approximate surface area is 111 Å². The van der Waals surface area contributed by atoms with E-state index in [4.69, 9.17) is 0 Å². The van der Waals surface area contributed by atoms with Crippen molar-refractivity contribution in [1.82, 2.24) is 4.98 Å². The number of aromatic nitrogens is 1. The molecule has 0 radical (unpaired) electrons. The topological polar surface area (TPSA) is 32.9 Å². The van der Waals surface area contributed by atoms with Gasteiger partial charge in [0, 0.05) is 26.4 Å². The van der Waals surface area contributed by atoms with Crippen molar-refractivity contribution in [2.45, 2.75) is 0 Å². The van der Waals surface area contributed by atoms with E-state index in [-0.39, 0.29) is 11.4 Å². The number of halogens is 1. The van der Waals surface area contributed by atoms with Crippen molar-refractivity contribution < 1.29 is 4.39 Å². The van der Waals surface area contributed by atoms with Gasteiger partial charge < -0.3 is 4.98 Å². The molecule has 0 bridgehead atoms. The number of fused-ring (bicyclic) bond motifs is 5. The van der Waals surface area contributed by atoms with Crippen LogP contribution in [0.2, 0.25) is 0 Å². The van der Waals surface area contributed by atoms with Gasteiger partial charge in [0.25, 0.3) is 5.56 Å². The van der Waals surface area contributed by atoms with Crippen LogP contribution in [-0.4, -0.2) is 4.98 Å². The predicted octanol–water partition coefficient (Wildman–Crippen LogP) is 4.04. The maximum absolute atomic E-state index is 14.1. The number of thiophene rings is 1. The zero-order valence-electron chi connectivity index (χ0n) is 9.74. The number of hydrogen-bond donors (Lipinski definition) is 1. The fourth-order valence-electron chi connectivity index (χ4n) is 2.51. The zero-order valence-corrected chi connectivity index (χ0v) is 10.6. The number of H-pyrrole nitrogens is 1. The SMILES string of the molecule is O=c1[nH]c2ccccc2c2c1sc1cccc(F)c12. The summed E-state index contributed by atoms with van der Waals surface area (Å²) in [5, 5.41) is 2.15. The highest BCUT2D eigenvalue weighted by Crippen LogP contribution is 2.36. The summed E-state index contributed by atoms with van der Waals surface area (Å²) in [6.45, 7) is 0. The number of rotatable bonds is 0. The van der Waals surface area contributed by atoms with E-state index in [9.17, 15) is 9.18 Å². The van der Waals surface area contributed by atoms with Gasteiger partial charge in [-0.1, -0.05) is 24.3 Å². The molecule has 0 amide bonds. The normalized spacial score (nSPS) is 11.6. The summed E-state index contributed by atoms with van der Waals surface area (Å²) >= 11 is 1.33. The minimum absolute atomic E-state index is 0.158. The third kappa shape index (κ3) is 1.37. The quantitative estimate of drug-likeness (QED) is 0.513. The standard InChI is InChI=1S/C15H8FNOS/c16-9-5-3-7-11-13(9)12-8-4-1-2-6-10(8)17-15(18)14(12)19-11/h1-7H,(H,17,18). The molecule has 1 N–H and O–H groups in total. The summed E-state index contributed by atoms with van der Waals surface area (Å²) in [5.74, 6) is -0.278. The molecule has 4 aromatic rings. The van der Waals surface area contributed by atoms with Crippen LogP contribution in [0, 0.1) is 5.82 Å². The van der Waals surface area contributed by atoms with Gasteiger partial charge in [0.2, 0.25) is 0 Å². The van der Waals surface area contributed by atoms with Gasteiger partial charge >= 0.3 is 0 Å². The van der Waals surface area contributed by atoms with Gasteiger partial charge in [0.1, 0.15) is 10.5 Å². The molecule has 4 rings (SSSR count). The van der Waals surface area contributed by atoms with Crippen molar-refractivity contribution in [3.05, 3.63) is 58.6 Å². The molecule has 0 aliphatic heterocycles. The van der Waals surface area contributed by atoms with E-state index in [0.29, 0.717) is 10.1 Å². The fraction of sp³-hybridized carbons (Fsp3) is 0. The minimum atomic E-state index is -0.278. The van der Waals surface area contributed by atoms with Gasteiger partial charge in [-0.05, 0) is 18.2 Å². The molecule has 0 spiro atoms. The average Bonchev–Trinajstić information content (AvgIpc) is 2.81. The second-order valence-electron chi connectivity index (χ2n) is 4.42. The summed E-state index contributed by atoms with van der Waals surface area (Å²) in [5.41, 5.74) is 0.581. The molecule has 92 valence electrons. The first-order chi connectivity index (χ1) is 9.25.